The Morgan fingerprint density at radius 3 is 2.29 bits per heavy atom. The average molecular weight is 193 g/mol. The summed E-state index contributed by atoms with van der Waals surface area (Å²) in [5.41, 5.74) is 0. The Morgan fingerprint density at radius 2 is 1.71 bits per heavy atom. The van der Waals surface area contributed by atoms with Crippen molar-refractivity contribution in [1.29, 1.82) is 0 Å². The van der Waals surface area contributed by atoms with E-state index in [2.05, 4.69) is 6.92 Å². The highest BCUT2D eigenvalue weighted by Gasteiger charge is 2.35. The van der Waals surface area contributed by atoms with Gasteiger partial charge in [0.2, 0.25) is 0 Å². The van der Waals surface area contributed by atoms with Crippen molar-refractivity contribution in [2.24, 2.45) is 5.92 Å². The quantitative estimate of drug-likeness (QED) is 0.592. The predicted octanol–water partition coefficient (Wildman–Crippen LogP) is 1.49. The van der Waals surface area contributed by atoms with Crippen LogP contribution in [0.5, 0.6) is 0 Å². The molecule has 0 N–H and O–H groups in total. The molecule has 0 radical (unpaired) electrons. The van der Waals surface area contributed by atoms with E-state index in [1.165, 1.54) is 23.5 Å². The molecular formula is C11H15NO2. The predicted molar refractivity (Wildman–Crippen MR) is 52.4 cm³/mol. The summed E-state index contributed by atoms with van der Waals surface area (Å²) >= 11 is 0. The summed E-state index contributed by atoms with van der Waals surface area (Å²) in [6.45, 7) is 2.13. The van der Waals surface area contributed by atoms with Crippen molar-refractivity contribution in [3.8, 4) is 0 Å². The smallest absolute Gasteiger partial charge is 0.253 e. The molecule has 1 heterocycles. The molecule has 1 aliphatic heterocycles. The van der Waals surface area contributed by atoms with Crippen LogP contribution in [-0.2, 0) is 9.59 Å². The highest BCUT2D eigenvalue weighted by molar-refractivity contribution is 6.13. The molecule has 0 unspecified atom stereocenters. The third-order valence-corrected chi connectivity index (χ3v) is 3.24. The molecule has 2 atom stereocenters. The van der Waals surface area contributed by atoms with E-state index in [0.717, 1.165) is 19.3 Å². The minimum atomic E-state index is -0.131. The van der Waals surface area contributed by atoms with Gasteiger partial charge in [-0.3, -0.25) is 14.5 Å². The lowest BCUT2D eigenvalue weighted by molar-refractivity contribution is -0.141. The third-order valence-electron chi connectivity index (χ3n) is 3.24. The fourth-order valence-corrected chi connectivity index (χ4v) is 2.42. The number of hydrogen-bond donors (Lipinski definition) is 0. The zero-order valence-corrected chi connectivity index (χ0v) is 8.40. The minimum absolute atomic E-state index is 0.131. The first-order valence-electron chi connectivity index (χ1n) is 5.25. The first-order chi connectivity index (χ1) is 6.70. The molecular weight excluding hydrogens is 178 g/mol. The molecule has 0 aromatic carbocycles. The van der Waals surface area contributed by atoms with E-state index in [1.54, 1.807) is 0 Å². The Kier molecular flexibility index (Phi) is 2.40. The normalized spacial score (nSPS) is 32.8. The summed E-state index contributed by atoms with van der Waals surface area (Å²) in [6, 6.07) is 0.138. The molecule has 2 amide bonds. The van der Waals surface area contributed by atoms with E-state index in [0.29, 0.717) is 5.92 Å². The molecule has 0 saturated heterocycles. The lowest BCUT2D eigenvalue weighted by Gasteiger charge is -2.34. The van der Waals surface area contributed by atoms with Crippen LogP contribution < -0.4 is 0 Å². The largest absolute Gasteiger partial charge is 0.272 e. The van der Waals surface area contributed by atoms with Gasteiger partial charge in [0, 0.05) is 18.2 Å². The molecule has 76 valence electrons. The minimum Gasteiger partial charge on any atom is -0.272 e. The topological polar surface area (TPSA) is 37.4 Å². The summed E-state index contributed by atoms with van der Waals surface area (Å²) in [6.07, 6.45) is 7.21. The van der Waals surface area contributed by atoms with Gasteiger partial charge in [-0.15, -0.1) is 0 Å². The highest BCUT2D eigenvalue weighted by Crippen LogP contribution is 2.29. The molecule has 0 aromatic rings. The number of amides is 2. The van der Waals surface area contributed by atoms with E-state index in [4.69, 9.17) is 0 Å². The van der Waals surface area contributed by atoms with Crippen molar-refractivity contribution >= 4 is 11.8 Å². The number of carbonyl (C=O) groups excluding carboxylic acids is 2. The van der Waals surface area contributed by atoms with E-state index in [9.17, 15) is 9.59 Å². The molecule has 2 rings (SSSR count). The molecule has 14 heavy (non-hydrogen) atoms. The van der Waals surface area contributed by atoms with E-state index in [-0.39, 0.29) is 17.9 Å². The molecule has 1 saturated carbocycles. The summed E-state index contributed by atoms with van der Waals surface area (Å²) in [7, 11) is 0. The molecule has 0 aromatic heterocycles. The molecule has 1 fully saturated rings. The van der Waals surface area contributed by atoms with Gasteiger partial charge in [-0.05, 0) is 18.8 Å². The van der Waals surface area contributed by atoms with Crippen molar-refractivity contribution in [3.05, 3.63) is 12.2 Å². The van der Waals surface area contributed by atoms with Gasteiger partial charge in [0.05, 0.1) is 0 Å². The van der Waals surface area contributed by atoms with Gasteiger partial charge in [-0.1, -0.05) is 19.8 Å². The second-order valence-electron chi connectivity index (χ2n) is 4.21. The first-order valence-corrected chi connectivity index (χ1v) is 5.25. The van der Waals surface area contributed by atoms with Gasteiger partial charge in [0.1, 0.15) is 0 Å². The van der Waals surface area contributed by atoms with Gasteiger partial charge in [-0.2, -0.15) is 0 Å². The summed E-state index contributed by atoms with van der Waals surface area (Å²) in [4.78, 5) is 24.3. The van der Waals surface area contributed by atoms with Crippen LogP contribution in [0.15, 0.2) is 12.2 Å². The number of carbonyl (C=O) groups is 2. The molecule has 1 aliphatic carbocycles. The van der Waals surface area contributed by atoms with Crippen LogP contribution in [0.25, 0.3) is 0 Å². The van der Waals surface area contributed by atoms with Crippen molar-refractivity contribution in [1.82, 2.24) is 4.90 Å². The lowest BCUT2D eigenvalue weighted by Crippen LogP contribution is -2.45. The Hall–Kier alpha value is -1.12. The zero-order chi connectivity index (χ0) is 10.1. The van der Waals surface area contributed by atoms with Gasteiger partial charge in [0.15, 0.2) is 0 Å². The number of hydrogen-bond acceptors (Lipinski definition) is 2. The average Bonchev–Trinajstić information content (AvgIpc) is 2.48. The van der Waals surface area contributed by atoms with Gasteiger partial charge in [0.25, 0.3) is 11.8 Å². The van der Waals surface area contributed by atoms with Gasteiger partial charge >= 0.3 is 0 Å². The molecule has 3 nitrogen and oxygen atoms in total. The Morgan fingerprint density at radius 1 is 1.14 bits per heavy atom. The standard InChI is InChI=1S/C11H15NO2/c1-8-4-2-3-5-9(8)12-10(13)6-7-11(12)14/h6-9H,2-5H2,1H3/t8-,9+/m0/s1. The van der Waals surface area contributed by atoms with Crippen LogP contribution in [0, 0.1) is 5.92 Å². The van der Waals surface area contributed by atoms with E-state index in [1.807, 2.05) is 0 Å². The van der Waals surface area contributed by atoms with Gasteiger partial charge < -0.3 is 0 Å². The number of imide groups is 1. The third kappa shape index (κ3) is 1.47. The van der Waals surface area contributed by atoms with E-state index >= 15 is 0 Å². The molecule has 2 aliphatic rings. The van der Waals surface area contributed by atoms with Crippen LogP contribution in [0.1, 0.15) is 32.6 Å². The van der Waals surface area contributed by atoms with Crippen molar-refractivity contribution in [2.45, 2.75) is 38.6 Å². The first kappa shape index (κ1) is 9.44. The van der Waals surface area contributed by atoms with Gasteiger partial charge in [-0.25, -0.2) is 0 Å². The fraction of sp³-hybridized carbons (Fsp3) is 0.636. The summed E-state index contributed by atoms with van der Waals surface area (Å²) in [5.74, 6) is 0.194. The maximum absolute atomic E-state index is 11.4. The SMILES string of the molecule is C[C@H]1CCCC[C@H]1N1C(=O)C=CC1=O. The molecule has 0 bridgehead atoms. The molecule has 0 spiro atoms. The summed E-state index contributed by atoms with van der Waals surface area (Å²) in [5, 5.41) is 0. The number of rotatable bonds is 1. The maximum atomic E-state index is 11.4. The Balaban J connectivity index is 2.13. The van der Waals surface area contributed by atoms with Crippen molar-refractivity contribution in [3.63, 3.8) is 0 Å². The maximum Gasteiger partial charge on any atom is 0.253 e. The zero-order valence-electron chi connectivity index (χ0n) is 8.40. The summed E-state index contributed by atoms with van der Waals surface area (Å²) < 4.78 is 0. The van der Waals surface area contributed by atoms with Crippen LogP contribution in [0.3, 0.4) is 0 Å². The Bertz CT molecular complexity index is 278. The van der Waals surface area contributed by atoms with Crippen molar-refractivity contribution in [2.75, 3.05) is 0 Å². The second-order valence-corrected chi connectivity index (χ2v) is 4.21. The monoisotopic (exact) mass is 193 g/mol. The van der Waals surface area contributed by atoms with Crippen LogP contribution in [-0.4, -0.2) is 22.8 Å². The Labute approximate surface area is 83.8 Å². The fourth-order valence-electron chi connectivity index (χ4n) is 2.42. The molecule has 3 heteroatoms. The van der Waals surface area contributed by atoms with Crippen LogP contribution in [0.4, 0.5) is 0 Å². The highest BCUT2D eigenvalue weighted by atomic mass is 16.2. The van der Waals surface area contributed by atoms with E-state index < -0.39 is 0 Å². The van der Waals surface area contributed by atoms with Crippen LogP contribution >= 0.6 is 0 Å². The second kappa shape index (κ2) is 3.56. The van der Waals surface area contributed by atoms with Crippen LogP contribution in [0.2, 0.25) is 0 Å². The number of nitrogens with zero attached hydrogens (tertiary/aromatic N) is 1. The van der Waals surface area contributed by atoms with Crippen molar-refractivity contribution < 1.29 is 9.59 Å². The lowest BCUT2D eigenvalue weighted by atomic mass is 9.85.